The molecule has 0 saturated heterocycles. The summed E-state index contributed by atoms with van der Waals surface area (Å²) in [6.07, 6.45) is 1.67. The van der Waals surface area contributed by atoms with Crippen molar-refractivity contribution in [3.8, 4) is 5.75 Å². The molecule has 1 aromatic heterocycles. The van der Waals surface area contributed by atoms with E-state index in [1.807, 2.05) is 12.1 Å². The van der Waals surface area contributed by atoms with Crippen LogP contribution in [0.4, 0.5) is 0 Å². The van der Waals surface area contributed by atoms with Crippen molar-refractivity contribution < 1.29 is 14.3 Å². The minimum Gasteiger partial charge on any atom is -0.484 e. The average molecular weight is 328 g/mol. The van der Waals surface area contributed by atoms with Crippen LogP contribution in [-0.2, 0) is 4.79 Å². The fraction of sp³-hybridized carbons (Fsp3) is 0.235. The van der Waals surface area contributed by atoms with Crippen LogP contribution in [0.5, 0.6) is 5.75 Å². The van der Waals surface area contributed by atoms with E-state index in [-0.39, 0.29) is 18.4 Å². The highest BCUT2D eigenvalue weighted by molar-refractivity contribution is 6.00. The summed E-state index contributed by atoms with van der Waals surface area (Å²) in [4.78, 5) is 27.6. The lowest BCUT2D eigenvalue weighted by Gasteiger charge is -2.11. The number of nitrogens with one attached hydrogen (secondary N) is 2. The maximum absolute atomic E-state index is 11.8. The zero-order chi connectivity index (χ0) is 17.5. The number of H-pyrrole nitrogens is 1. The number of ether oxygens (including phenoxy) is 1. The number of aromatic nitrogens is 1. The molecule has 0 spiro atoms. The Morgan fingerprint density at radius 1 is 1.21 bits per heavy atom. The van der Waals surface area contributed by atoms with Gasteiger partial charge in [-0.05, 0) is 48.9 Å². The van der Waals surface area contributed by atoms with E-state index >= 15 is 0 Å². The summed E-state index contributed by atoms with van der Waals surface area (Å²) < 4.78 is 5.41. The summed E-state index contributed by atoms with van der Waals surface area (Å²) in [5, 5.41) is 4.07. The van der Waals surface area contributed by atoms with Crippen LogP contribution in [0.1, 0.15) is 23.0 Å². The standard InChI is InChI=1S/C17H20N4O3/c1-12(19-20-17(23)15-5-4-10-18-15)13-6-8-14(9-7-13)24-11-16(22)21(2)3/h4-10,18H,11H2,1-3H3,(H,20,23)/b19-12-. The fourth-order valence-corrected chi connectivity index (χ4v) is 1.80. The van der Waals surface area contributed by atoms with E-state index in [0.717, 1.165) is 5.56 Å². The predicted molar refractivity (Wildman–Crippen MR) is 91.1 cm³/mol. The number of rotatable bonds is 6. The van der Waals surface area contributed by atoms with Crippen molar-refractivity contribution in [3.63, 3.8) is 0 Å². The van der Waals surface area contributed by atoms with Crippen LogP contribution in [0.3, 0.4) is 0 Å². The van der Waals surface area contributed by atoms with Crippen molar-refractivity contribution >= 4 is 17.5 Å². The van der Waals surface area contributed by atoms with Crippen molar-refractivity contribution in [2.24, 2.45) is 5.10 Å². The van der Waals surface area contributed by atoms with Gasteiger partial charge in [-0.2, -0.15) is 5.10 Å². The van der Waals surface area contributed by atoms with Gasteiger partial charge in [0.25, 0.3) is 11.8 Å². The largest absolute Gasteiger partial charge is 0.484 e. The molecule has 24 heavy (non-hydrogen) atoms. The molecule has 1 aromatic carbocycles. The molecule has 0 unspecified atom stereocenters. The van der Waals surface area contributed by atoms with Crippen molar-refractivity contribution in [2.75, 3.05) is 20.7 Å². The highest BCUT2D eigenvalue weighted by atomic mass is 16.5. The van der Waals surface area contributed by atoms with Crippen molar-refractivity contribution in [2.45, 2.75) is 6.92 Å². The third-order valence-electron chi connectivity index (χ3n) is 3.30. The number of likely N-dealkylation sites (N-methyl/N-ethyl adjacent to an activating group) is 1. The van der Waals surface area contributed by atoms with E-state index < -0.39 is 0 Å². The highest BCUT2D eigenvalue weighted by Crippen LogP contribution is 2.13. The highest BCUT2D eigenvalue weighted by Gasteiger charge is 2.07. The second-order valence-corrected chi connectivity index (χ2v) is 5.32. The molecule has 1 heterocycles. The van der Waals surface area contributed by atoms with Crippen molar-refractivity contribution in [1.82, 2.24) is 15.3 Å². The van der Waals surface area contributed by atoms with Crippen molar-refractivity contribution in [1.29, 1.82) is 0 Å². The van der Waals surface area contributed by atoms with Gasteiger partial charge in [0.2, 0.25) is 0 Å². The Bertz CT molecular complexity index is 719. The third kappa shape index (κ3) is 4.70. The number of hydrazone groups is 1. The zero-order valence-corrected chi connectivity index (χ0v) is 13.9. The quantitative estimate of drug-likeness (QED) is 0.624. The topological polar surface area (TPSA) is 86.8 Å². The molecule has 0 radical (unpaired) electrons. The molecule has 7 nitrogen and oxygen atoms in total. The number of hydrogen-bond donors (Lipinski definition) is 2. The molecule has 0 aliphatic rings. The Kier molecular flexibility index (Phi) is 5.73. The van der Waals surface area contributed by atoms with Crippen LogP contribution >= 0.6 is 0 Å². The van der Waals surface area contributed by atoms with E-state index in [4.69, 9.17) is 4.74 Å². The maximum atomic E-state index is 11.8. The summed E-state index contributed by atoms with van der Waals surface area (Å²) in [5.41, 5.74) is 4.43. The lowest BCUT2D eigenvalue weighted by atomic mass is 10.1. The summed E-state index contributed by atoms with van der Waals surface area (Å²) in [6.45, 7) is 1.78. The van der Waals surface area contributed by atoms with E-state index in [0.29, 0.717) is 17.2 Å². The second kappa shape index (κ2) is 7.96. The van der Waals surface area contributed by atoms with Gasteiger partial charge in [-0.25, -0.2) is 5.43 Å². The molecule has 0 bridgehead atoms. The molecule has 0 atom stereocenters. The Hall–Kier alpha value is -3.09. The Balaban J connectivity index is 1.93. The molecular formula is C17H20N4O3. The van der Waals surface area contributed by atoms with E-state index in [1.54, 1.807) is 51.5 Å². The molecule has 0 aliphatic heterocycles. The molecular weight excluding hydrogens is 308 g/mol. The first-order valence-electron chi connectivity index (χ1n) is 7.39. The van der Waals surface area contributed by atoms with Crippen LogP contribution in [0.15, 0.2) is 47.7 Å². The van der Waals surface area contributed by atoms with Gasteiger partial charge in [0, 0.05) is 20.3 Å². The van der Waals surface area contributed by atoms with E-state index in [2.05, 4.69) is 15.5 Å². The Labute approximate surface area is 140 Å². The minimum absolute atomic E-state index is 0.00831. The number of carbonyl (C=O) groups is 2. The van der Waals surface area contributed by atoms with Crippen LogP contribution in [0.2, 0.25) is 0 Å². The van der Waals surface area contributed by atoms with Gasteiger partial charge >= 0.3 is 0 Å². The summed E-state index contributed by atoms with van der Waals surface area (Å²) in [5.74, 6) is 0.183. The van der Waals surface area contributed by atoms with E-state index in [9.17, 15) is 9.59 Å². The molecule has 2 rings (SSSR count). The molecule has 0 fully saturated rings. The molecule has 126 valence electrons. The smallest absolute Gasteiger partial charge is 0.287 e. The number of benzene rings is 1. The Morgan fingerprint density at radius 2 is 1.92 bits per heavy atom. The first-order valence-corrected chi connectivity index (χ1v) is 7.39. The average Bonchev–Trinajstić information content (AvgIpc) is 3.12. The van der Waals surface area contributed by atoms with Gasteiger partial charge in [0.1, 0.15) is 11.4 Å². The van der Waals surface area contributed by atoms with Gasteiger partial charge in [-0.15, -0.1) is 0 Å². The van der Waals surface area contributed by atoms with Gasteiger partial charge in [0.05, 0.1) is 5.71 Å². The molecule has 0 saturated carbocycles. The number of carbonyl (C=O) groups excluding carboxylic acids is 2. The predicted octanol–water partition coefficient (Wildman–Crippen LogP) is 1.64. The van der Waals surface area contributed by atoms with Crippen LogP contribution in [0.25, 0.3) is 0 Å². The van der Waals surface area contributed by atoms with Gasteiger partial charge < -0.3 is 14.6 Å². The van der Waals surface area contributed by atoms with Gasteiger partial charge in [-0.3, -0.25) is 9.59 Å². The number of amides is 2. The fourth-order valence-electron chi connectivity index (χ4n) is 1.80. The summed E-state index contributed by atoms with van der Waals surface area (Å²) >= 11 is 0. The zero-order valence-electron chi connectivity index (χ0n) is 13.9. The first kappa shape index (κ1) is 17.3. The molecule has 2 aromatic rings. The first-order chi connectivity index (χ1) is 11.5. The van der Waals surface area contributed by atoms with Crippen LogP contribution in [0, 0.1) is 0 Å². The van der Waals surface area contributed by atoms with Crippen molar-refractivity contribution in [3.05, 3.63) is 53.9 Å². The maximum Gasteiger partial charge on any atom is 0.287 e. The van der Waals surface area contributed by atoms with E-state index in [1.165, 1.54) is 4.90 Å². The molecule has 2 N–H and O–H groups in total. The number of hydrogen-bond acceptors (Lipinski definition) is 4. The molecule has 0 aliphatic carbocycles. The SMILES string of the molecule is C/C(=N/NC(=O)c1ccc[nH]1)c1ccc(OCC(=O)N(C)C)cc1. The van der Waals surface area contributed by atoms with Gasteiger partial charge in [-0.1, -0.05) is 0 Å². The van der Waals surface area contributed by atoms with Gasteiger partial charge in [0.15, 0.2) is 6.61 Å². The normalized spacial score (nSPS) is 11.0. The summed E-state index contributed by atoms with van der Waals surface area (Å²) in [7, 11) is 3.35. The van der Waals surface area contributed by atoms with Crippen LogP contribution < -0.4 is 10.2 Å². The summed E-state index contributed by atoms with van der Waals surface area (Å²) in [6, 6.07) is 10.5. The monoisotopic (exact) mass is 328 g/mol. The number of aromatic amines is 1. The lowest BCUT2D eigenvalue weighted by Crippen LogP contribution is -2.27. The second-order valence-electron chi connectivity index (χ2n) is 5.32. The lowest BCUT2D eigenvalue weighted by molar-refractivity contribution is -0.130. The van der Waals surface area contributed by atoms with Crippen LogP contribution in [-0.4, -0.2) is 48.1 Å². The third-order valence-corrected chi connectivity index (χ3v) is 3.30. The Morgan fingerprint density at radius 3 is 2.50 bits per heavy atom. The molecule has 7 heteroatoms. The minimum atomic E-state index is -0.304. The molecule has 2 amide bonds. The number of nitrogens with zero attached hydrogens (tertiary/aromatic N) is 2.